The van der Waals surface area contributed by atoms with E-state index < -0.39 is 9.84 Å². The molecule has 0 amide bonds. The van der Waals surface area contributed by atoms with Crippen LogP contribution in [0.2, 0.25) is 0 Å². The number of nitrogens with one attached hydrogen (secondary N) is 1. The van der Waals surface area contributed by atoms with Gasteiger partial charge >= 0.3 is 0 Å². The van der Waals surface area contributed by atoms with Crippen LogP contribution >= 0.6 is 15.9 Å². The molecule has 0 fully saturated rings. The number of hydrogen-bond acceptors (Lipinski definition) is 3. The number of imidazole rings is 1. The minimum absolute atomic E-state index is 0.308. The highest BCUT2D eigenvalue weighted by Gasteiger charge is 2.09. The normalized spacial score (nSPS) is 11.6. The average Bonchev–Trinajstić information content (AvgIpc) is 2.63. The smallest absolute Gasteiger partial charge is 0.175 e. The Morgan fingerprint density at radius 1 is 1.25 bits per heavy atom. The van der Waals surface area contributed by atoms with Gasteiger partial charge in [0.05, 0.1) is 11.2 Å². The Morgan fingerprint density at radius 2 is 1.88 bits per heavy atom. The van der Waals surface area contributed by atoms with Crippen molar-refractivity contribution in [3.05, 3.63) is 35.2 Å². The highest BCUT2D eigenvalue weighted by Crippen LogP contribution is 2.25. The first-order valence-electron chi connectivity index (χ1n) is 4.48. The van der Waals surface area contributed by atoms with E-state index in [9.17, 15) is 8.42 Å². The van der Waals surface area contributed by atoms with Crippen molar-refractivity contribution < 1.29 is 8.42 Å². The van der Waals surface area contributed by atoms with Gasteiger partial charge < -0.3 is 4.98 Å². The van der Waals surface area contributed by atoms with E-state index in [1.54, 1.807) is 30.6 Å². The van der Waals surface area contributed by atoms with Crippen molar-refractivity contribution in [2.75, 3.05) is 6.26 Å². The first-order chi connectivity index (χ1) is 7.48. The van der Waals surface area contributed by atoms with E-state index in [4.69, 9.17) is 0 Å². The van der Waals surface area contributed by atoms with Gasteiger partial charge in [0, 0.05) is 11.8 Å². The number of rotatable bonds is 2. The lowest BCUT2D eigenvalue weighted by Crippen LogP contribution is -1.96. The van der Waals surface area contributed by atoms with Crippen LogP contribution in [0.5, 0.6) is 0 Å². The molecule has 2 rings (SSSR count). The van der Waals surface area contributed by atoms with Gasteiger partial charge in [0.2, 0.25) is 0 Å². The minimum atomic E-state index is -3.14. The molecule has 0 atom stereocenters. The number of nitrogens with zero attached hydrogens (tertiary/aromatic N) is 1. The Hall–Kier alpha value is -1.14. The fraction of sp³-hybridized carbons (Fsp3) is 0.100. The molecular weight excluding hydrogens is 292 g/mol. The van der Waals surface area contributed by atoms with Crippen molar-refractivity contribution in [1.29, 1.82) is 0 Å². The monoisotopic (exact) mass is 300 g/mol. The number of H-pyrrole nitrogens is 1. The highest BCUT2D eigenvalue weighted by molar-refractivity contribution is 9.10. The van der Waals surface area contributed by atoms with E-state index in [2.05, 4.69) is 25.9 Å². The highest BCUT2D eigenvalue weighted by atomic mass is 79.9. The maximum Gasteiger partial charge on any atom is 0.175 e. The van der Waals surface area contributed by atoms with Gasteiger partial charge in [0.1, 0.15) is 10.3 Å². The molecule has 0 aliphatic heterocycles. The zero-order chi connectivity index (χ0) is 11.8. The second kappa shape index (κ2) is 4.03. The molecule has 0 radical (unpaired) electrons. The Morgan fingerprint density at radius 3 is 2.31 bits per heavy atom. The van der Waals surface area contributed by atoms with Gasteiger partial charge in [-0.25, -0.2) is 13.4 Å². The molecule has 4 nitrogen and oxygen atoms in total. The molecule has 1 N–H and O–H groups in total. The number of benzene rings is 1. The third kappa shape index (κ3) is 2.17. The Bertz CT molecular complexity index is 602. The largest absolute Gasteiger partial charge is 0.339 e. The first kappa shape index (κ1) is 11.3. The zero-order valence-corrected chi connectivity index (χ0v) is 10.8. The SMILES string of the molecule is CS(=O)(=O)c1ccc(-c2nc[nH]c2Br)cc1. The molecule has 0 spiro atoms. The molecule has 0 bridgehead atoms. The van der Waals surface area contributed by atoms with Crippen molar-refractivity contribution in [3.63, 3.8) is 0 Å². The molecule has 0 aliphatic rings. The number of aromatic nitrogens is 2. The van der Waals surface area contributed by atoms with Crippen molar-refractivity contribution >= 4 is 25.8 Å². The van der Waals surface area contributed by atoms with Crippen LogP contribution in [0.3, 0.4) is 0 Å². The molecule has 0 unspecified atom stereocenters. The van der Waals surface area contributed by atoms with Crippen molar-refractivity contribution in [3.8, 4) is 11.3 Å². The molecule has 6 heteroatoms. The third-order valence-electron chi connectivity index (χ3n) is 2.15. The van der Waals surface area contributed by atoms with E-state index >= 15 is 0 Å². The molecule has 1 heterocycles. The maximum absolute atomic E-state index is 11.3. The van der Waals surface area contributed by atoms with Crippen LogP contribution in [0, 0.1) is 0 Å². The molecule has 84 valence electrons. The number of sulfone groups is 1. The minimum Gasteiger partial charge on any atom is -0.339 e. The predicted molar refractivity (Wildman–Crippen MR) is 64.8 cm³/mol. The van der Waals surface area contributed by atoms with Gasteiger partial charge in [-0.2, -0.15) is 0 Å². The van der Waals surface area contributed by atoms with Crippen LogP contribution in [0.1, 0.15) is 0 Å². The Labute approximate surface area is 102 Å². The number of halogens is 1. The van der Waals surface area contributed by atoms with E-state index in [1.165, 1.54) is 6.26 Å². The van der Waals surface area contributed by atoms with Crippen LogP contribution in [-0.4, -0.2) is 24.6 Å². The third-order valence-corrected chi connectivity index (χ3v) is 3.88. The zero-order valence-electron chi connectivity index (χ0n) is 8.44. The number of aromatic amines is 1. The fourth-order valence-corrected chi connectivity index (χ4v) is 2.40. The standard InChI is InChI=1S/C10H9BrN2O2S/c1-16(14,15)8-4-2-7(3-5-8)9-10(11)13-6-12-9/h2-6H,1H3,(H,12,13). The second-order valence-corrected chi connectivity index (χ2v) is 6.17. The average molecular weight is 301 g/mol. The summed E-state index contributed by atoms with van der Waals surface area (Å²) < 4.78 is 23.3. The van der Waals surface area contributed by atoms with Gasteiger partial charge in [-0.05, 0) is 28.1 Å². The van der Waals surface area contributed by atoms with Gasteiger partial charge in [-0.3, -0.25) is 0 Å². The summed E-state index contributed by atoms with van der Waals surface area (Å²) >= 11 is 3.32. The summed E-state index contributed by atoms with van der Waals surface area (Å²) in [5.41, 5.74) is 1.63. The van der Waals surface area contributed by atoms with E-state index in [0.717, 1.165) is 15.9 Å². The molecule has 0 aliphatic carbocycles. The quantitative estimate of drug-likeness (QED) is 0.925. The molecule has 2 aromatic rings. The van der Waals surface area contributed by atoms with E-state index in [-0.39, 0.29) is 0 Å². The summed E-state index contributed by atoms with van der Waals surface area (Å²) in [4.78, 5) is 7.33. The van der Waals surface area contributed by atoms with Crippen molar-refractivity contribution in [1.82, 2.24) is 9.97 Å². The van der Waals surface area contributed by atoms with Crippen LogP contribution in [0.15, 0.2) is 40.1 Å². The van der Waals surface area contributed by atoms with Crippen molar-refractivity contribution in [2.24, 2.45) is 0 Å². The van der Waals surface area contributed by atoms with Gasteiger partial charge in [0.25, 0.3) is 0 Å². The lowest BCUT2D eigenvalue weighted by Gasteiger charge is -2.00. The molecule has 1 aromatic heterocycles. The summed E-state index contributed by atoms with van der Waals surface area (Å²) in [5, 5.41) is 0. The summed E-state index contributed by atoms with van der Waals surface area (Å²) in [6, 6.07) is 6.62. The van der Waals surface area contributed by atoms with Crippen molar-refractivity contribution in [2.45, 2.75) is 4.90 Å². The Balaban J connectivity index is 2.45. The topological polar surface area (TPSA) is 62.8 Å². The van der Waals surface area contributed by atoms with Gasteiger partial charge in [-0.1, -0.05) is 12.1 Å². The molecule has 0 saturated heterocycles. The summed E-state index contributed by atoms with van der Waals surface area (Å²) in [7, 11) is -3.14. The second-order valence-electron chi connectivity index (χ2n) is 3.36. The predicted octanol–water partition coefficient (Wildman–Crippen LogP) is 2.24. The lowest BCUT2D eigenvalue weighted by atomic mass is 10.2. The van der Waals surface area contributed by atoms with Crippen LogP contribution in [0.25, 0.3) is 11.3 Å². The van der Waals surface area contributed by atoms with Gasteiger partial charge in [-0.15, -0.1) is 0 Å². The molecule has 1 aromatic carbocycles. The van der Waals surface area contributed by atoms with E-state index in [0.29, 0.717) is 4.90 Å². The Kier molecular flexibility index (Phi) is 2.86. The van der Waals surface area contributed by atoms with Crippen LogP contribution < -0.4 is 0 Å². The van der Waals surface area contributed by atoms with Gasteiger partial charge in [0.15, 0.2) is 9.84 Å². The maximum atomic E-state index is 11.3. The summed E-state index contributed by atoms with van der Waals surface area (Å²) in [6.45, 7) is 0. The van der Waals surface area contributed by atoms with Crippen LogP contribution in [-0.2, 0) is 9.84 Å². The lowest BCUT2D eigenvalue weighted by molar-refractivity contribution is 0.602. The molecule has 16 heavy (non-hydrogen) atoms. The number of hydrogen-bond donors (Lipinski definition) is 1. The molecular formula is C10H9BrN2O2S. The molecule has 0 saturated carbocycles. The first-order valence-corrected chi connectivity index (χ1v) is 7.16. The summed E-state index contributed by atoms with van der Waals surface area (Å²) in [6.07, 6.45) is 2.76. The fourth-order valence-electron chi connectivity index (χ4n) is 1.34. The summed E-state index contributed by atoms with van der Waals surface area (Å²) in [5.74, 6) is 0. The van der Waals surface area contributed by atoms with E-state index in [1.807, 2.05) is 0 Å². The van der Waals surface area contributed by atoms with Crippen LogP contribution in [0.4, 0.5) is 0 Å².